The van der Waals surface area contributed by atoms with Crippen molar-refractivity contribution in [1.29, 1.82) is 0 Å². The molecular weight excluding hydrogens is 271 g/mol. The maximum absolute atomic E-state index is 12.2. The van der Waals surface area contributed by atoms with Gasteiger partial charge in [0.05, 0.1) is 0 Å². The predicted octanol–water partition coefficient (Wildman–Crippen LogP) is 3.93. The third-order valence-corrected chi connectivity index (χ3v) is 3.83. The first kappa shape index (κ1) is 15.0. The lowest BCUT2D eigenvalue weighted by atomic mass is 9.84. The number of rotatable bonds is 3. The maximum atomic E-state index is 12.2. The van der Waals surface area contributed by atoms with Crippen molar-refractivity contribution in [3.8, 4) is 11.5 Å². The van der Waals surface area contributed by atoms with Crippen LogP contribution in [0.2, 0.25) is 0 Å². The molecule has 112 valence electrons. The van der Waals surface area contributed by atoms with Crippen molar-refractivity contribution in [2.75, 3.05) is 0 Å². The van der Waals surface area contributed by atoms with Gasteiger partial charge in [-0.15, -0.1) is 13.2 Å². The van der Waals surface area contributed by atoms with Crippen LogP contribution in [-0.4, -0.2) is 12.0 Å². The van der Waals surface area contributed by atoms with Crippen LogP contribution < -0.4 is 15.2 Å². The Morgan fingerprint density at radius 2 is 2.00 bits per heavy atom. The first-order valence-electron chi connectivity index (χ1n) is 6.63. The molecule has 0 saturated carbocycles. The molecule has 2 N–H and O–H groups in total. The van der Waals surface area contributed by atoms with Crippen molar-refractivity contribution in [3.05, 3.63) is 23.8 Å². The van der Waals surface area contributed by atoms with Gasteiger partial charge in [-0.05, 0) is 18.9 Å². The molecule has 2 rings (SSSR count). The van der Waals surface area contributed by atoms with Gasteiger partial charge in [0.25, 0.3) is 0 Å². The van der Waals surface area contributed by atoms with Crippen molar-refractivity contribution in [2.24, 2.45) is 5.73 Å². The second-order valence-corrected chi connectivity index (χ2v) is 5.05. The van der Waals surface area contributed by atoms with Crippen LogP contribution >= 0.6 is 0 Å². The van der Waals surface area contributed by atoms with Crippen molar-refractivity contribution >= 4 is 0 Å². The van der Waals surface area contributed by atoms with Crippen LogP contribution in [0.5, 0.6) is 11.5 Å². The summed E-state index contributed by atoms with van der Waals surface area (Å²) < 4.78 is 46.6. The van der Waals surface area contributed by atoms with Crippen LogP contribution in [0.1, 0.15) is 44.7 Å². The number of nitrogens with two attached hydrogens (primary N) is 1. The fraction of sp³-hybridized carbons (Fsp3) is 0.571. The van der Waals surface area contributed by atoms with Gasteiger partial charge in [0.1, 0.15) is 17.1 Å². The Morgan fingerprint density at radius 1 is 1.35 bits per heavy atom. The Bertz CT molecular complexity index is 484. The summed E-state index contributed by atoms with van der Waals surface area (Å²) in [6.07, 6.45) is -2.55. The molecule has 0 fully saturated rings. The molecule has 0 amide bonds. The topological polar surface area (TPSA) is 44.5 Å². The highest BCUT2D eigenvalue weighted by Crippen LogP contribution is 2.43. The quantitative estimate of drug-likeness (QED) is 0.917. The lowest BCUT2D eigenvalue weighted by Crippen LogP contribution is -2.41. The van der Waals surface area contributed by atoms with E-state index < -0.39 is 12.0 Å². The van der Waals surface area contributed by atoms with Gasteiger partial charge >= 0.3 is 6.36 Å². The number of ether oxygens (including phenoxy) is 2. The smallest absolute Gasteiger partial charge is 0.487 e. The Labute approximate surface area is 115 Å². The normalized spacial score (nSPS) is 21.0. The van der Waals surface area contributed by atoms with Crippen LogP contribution in [0, 0.1) is 0 Å². The largest absolute Gasteiger partial charge is 0.573 e. The highest BCUT2D eigenvalue weighted by Gasteiger charge is 2.38. The SMILES string of the molecule is CCC1(CC)C[C@@H](N)c2ccc(OC(F)(F)F)cc2O1. The standard InChI is InChI=1S/C14H18F3NO2/c1-3-13(4-2)8-11(18)10-6-5-9(7-12(10)20-13)19-14(15,16)17/h5-7,11H,3-4,8,18H2,1-2H3/t11-/m1/s1. The van der Waals surface area contributed by atoms with E-state index in [2.05, 4.69) is 4.74 Å². The van der Waals surface area contributed by atoms with Gasteiger partial charge in [0, 0.05) is 24.1 Å². The minimum atomic E-state index is -4.71. The van der Waals surface area contributed by atoms with Gasteiger partial charge in [0.2, 0.25) is 0 Å². The first-order valence-corrected chi connectivity index (χ1v) is 6.63. The number of alkyl halides is 3. The molecule has 0 unspecified atom stereocenters. The van der Waals surface area contributed by atoms with Crippen molar-refractivity contribution in [3.63, 3.8) is 0 Å². The molecule has 1 atom stereocenters. The second kappa shape index (κ2) is 5.16. The van der Waals surface area contributed by atoms with Crippen LogP contribution in [0.3, 0.4) is 0 Å². The van der Waals surface area contributed by atoms with Gasteiger partial charge < -0.3 is 15.2 Å². The van der Waals surface area contributed by atoms with Crippen LogP contribution in [-0.2, 0) is 0 Å². The van der Waals surface area contributed by atoms with E-state index in [0.717, 1.165) is 18.4 Å². The molecule has 6 heteroatoms. The third-order valence-electron chi connectivity index (χ3n) is 3.83. The van der Waals surface area contributed by atoms with Gasteiger partial charge in [-0.2, -0.15) is 0 Å². The Morgan fingerprint density at radius 3 is 2.55 bits per heavy atom. The maximum Gasteiger partial charge on any atom is 0.573 e. The summed E-state index contributed by atoms with van der Waals surface area (Å²) in [4.78, 5) is 0. The predicted molar refractivity (Wildman–Crippen MR) is 68.6 cm³/mol. The fourth-order valence-corrected chi connectivity index (χ4v) is 2.58. The average molecular weight is 289 g/mol. The summed E-state index contributed by atoms with van der Waals surface area (Å²) in [5.74, 6) is 0.0978. The molecule has 0 aromatic heterocycles. The van der Waals surface area contributed by atoms with E-state index in [9.17, 15) is 13.2 Å². The van der Waals surface area contributed by atoms with Crippen LogP contribution in [0.4, 0.5) is 13.2 Å². The van der Waals surface area contributed by atoms with E-state index in [1.54, 1.807) is 0 Å². The first-order chi connectivity index (χ1) is 9.28. The summed E-state index contributed by atoms with van der Waals surface area (Å²) in [6, 6.07) is 3.83. The molecule has 0 bridgehead atoms. The minimum absolute atomic E-state index is 0.237. The Hall–Kier alpha value is -1.43. The summed E-state index contributed by atoms with van der Waals surface area (Å²) in [7, 11) is 0. The highest BCUT2D eigenvalue weighted by atomic mass is 19.4. The molecule has 0 spiro atoms. The molecule has 1 aromatic rings. The number of halogens is 3. The number of hydrogen-bond acceptors (Lipinski definition) is 3. The fourth-order valence-electron chi connectivity index (χ4n) is 2.58. The Balaban J connectivity index is 2.33. The van der Waals surface area contributed by atoms with E-state index in [0.29, 0.717) is 12.2 Å². The summed E-state index contributed by atoms with van der Waals surface area (Å²) in [5.41, 5.74) is 6.41. The molecule has 0 aliphatic carbocycles. The minimum Gasteiger partial charge on any atom is -0.487 e. The molecule has 0 saturated heterocycles. The second-order valence-electron chi connectivity index (χ2n) is 5.05. The van der Waals surface area contributed by atoms with Gasteiger partial charge in [-0.1, -0.05) is 19.9 Å². The molecular formula is C14H18F3NO2. The molecule has 3 nitrogen and oxygen atoms in total. The summed E-state index contributed by atoms with van der Waals surface area (Å²) in [6.45, 7) is 3.97. The van der Waals surface area contributed by atoms with Crippen LogP contribution in [0.15, 0.2) is 18.2 Å². The van der Waals surface area contributed by atoms with Crippen molar-refractivity contribution < 1.29 is 22.6 Å². The zero-order chi connectivity index (χ0) is 15.0. The van der Waals surface area contributed by atoms with Crippen molar-refractivity contribution in [2.45, 2.75) is 51.1 Å². The number of hydrogen-bond donors (Lipinski definition) is 1. The molecule has 1 aliphatic rings. The number of benzene rings is 1. The Kier molecular flexibility index (Phi) is 3.86. The lowest BCUT2D eigenvalue weighted by Gasteiger charge is -2.40. The summed E-state index contributed by atoms with van der Waals surface area (Å²) in [5, 5.41) is 0. The van der Waals surface area contributed by atoms with Gasteiger partial charge in [0.15, 0.2) is 0 Å². The molecule has 1 aromatic carbocycles. The van der Waals surface area contributed by atoms with Crippen LogP contribution in [0.25, 0.3) is 0 Å². The molecule has 1 aliphatic heterocycles. The lowest BCUT2D eigenvalue weighted by molar-refractivity contribution is -0.274. The van der Waals surface area contributed by atoms with E-state index in [1.807, 2.05) is 13.8 Å². The van der Waals surface area contributed by atoms with E-state index in [1.165, 1.54) is 18.2 Å². The molecule has 20 heavy (non-hydrogen) atoms. The van der Waals surface area contributed by atoms with E-state index in [-0.39, 0.29) is 11.8 Å². The van der Waals surface area contributed by atoms with E-state index in [4.69, 9.17) is 10.5 Å². The highest BCUT2D eigenvalue weighted by molar-refractivity contribution is 5.44. The summed E-state index contributed by atoms with van der Waals surface area (Å²) >= 11 is 0. The molecule has 0 radical (unpaired) electrons. The van der Waals surface area contributed by atoms with Gasteiger partial charge in [-0.25, -0.2) is 0 Å². The van der Waals surface area contributed by atoms with E-state index >= 15 is 0 Å². The zero-order valence-electron chi connectivity index (χ0n) is 11.5. The van der Waals surface area contributed by atoms with Crippen molar-refractivity contribution in [1.82, 2.24) is 0 Å². The third kappa shape index (κ3) is 3.00. The zero-order valence-corrected chi connectivity index (χ0v) is 11.5. The monoisotopic (exact) mass is 289 g/mol. The van der Waals surface area contributed by atoms with Gasteiger partial charge in [-0.3, -0.25) is 0 Å². The molecule has 1 heterocycles. The average Bonchev–Trinajstić information content (AvgIpc) is 2.36. The number of fused-ring (bicyclic) bond motifs is 1.